The lowest BCUT2D eigenvalue weighted by Gasteiger charge is -2.28. The molecule has 0 heterocycles. The number of hydrogen-bond acceptors (Lipinski definition) is 3. The van der Waals surface area contributed by atoms with Gasteiger partial charge in [-0.25, -0.2) is 0 Å². The van der Waals surface area contributed by atoms with Gasteiger partial charge in [0.15, 0.2) is 0 Å². The van der Waals surface area contributed by atoms with Crippen LogP contribution in [0, 0.1) is 6.92 Å². The molecule has 0 aliphatic carbocycles. The van der Waals surface area contributed by atoms with Crippen molar-refractivity contribution in [2.45, 2.75) is 19.3 Å². The average Bonchev–Trinajstić information content (AvgIpc) is 2.28. The summed E-state index contributed by atoms with van der Waals surface area (Å²) in [6, 6.07) is 5.82. The molecule has 0 spiro atoms. The van der Waals surface area contributed by atoms with Gasteiger partial charge in [-0.3, -0.25) is 0 Å². The summed E-state index contributed by atoms with van der Waals surface area (Å²) in [5, 5.41) is 9.41. The van der Waals surface area contributed by atoms with Gasteiger partial charge in [0, 0.05) is 12.0 Å². The highest BCUT2D eigenvalue weighted by Crippen LogP contribution is 2.30. The fraction of sp³-hybridized carbons (Fsp3) is 0.500. The summed E-state index contributed by atoms with van der Waals surface area (Å²) in [6.07, 6.45) is 0. The van der Waals surface area contributed by atoms with E-state index in [-0.39, 0.29) is 6.61 Å². The Hall–Kier alpha value is -1.06. The van der Waals surface area contributed by atoms with E-state index in [2.05, 4.69) is 0 Å². The molecule has 15 heavy (non-hydrogen) atoms. The number of methoxy groups -OCH3 is 1. The zero-order valence-electron chi connectivity index (χ0n) is 9.58. The molecule has 0 aromatic heterocycles. The molecule has 0 amide bonds. The molecule has 0 fully saturated rings. The molecule has 1 atom stereocenters. The quantitative estimate of drug-likeness (QED) is 0.783. The van der Waals surface area contributed by atoms with E-state index in [1.807, 2.05) is 32.0 Å². The molecule has 1 unspecified atom stereocenters. The Balaban J connectivity index is 3.24. The van der Waals surface area contributed by atoms with Gasteiger partial charge in [-0.2, -0.15) is 0 Å². The predicted molar refractivity (Wildman–Crippen MR) is 61.2 cm³/mol. The molecule has 0 bridgehead atoms. The van der Waals surface area contributed by atoms with Gasteiger partial charge in [-0.15, -0.1) is 0 Å². The molecule has 1 aromatic carbocycles. The Morgan fingerprint density at radius 2 is 2.13 bits per heavy atom. The number of aliphatic hydroxyl groups is 1. The number of ether oxygens (including phenoxy) is 1. The first kappa shape index (κ1) is 12.0. The fourth-order valence-electron chi connectivity index (χ4n) is 1.75. The van der Waals surface area contributed by atoms with E-state index in [9.17, 15) is 5.11 Å². The minimum absolute atomic E-state index is 0.0392. The van der Waals surface area contributed by atoms with Gasteiger partial charge in [0.1, 0.15) is 5.75 Å². The zero-order valence-corrected chi connectivity index (χ0v) is 9.58. The Morgan fingerprint density at radius 3 is 2.60 bits per heavy atom. The van der Waals surface area contributed by atoms with Gasteiger partial charge in [0.2, 0.25) is 0 Å². The summed E-state index contributed by atoms with van der Waals surface area (Å²) < 4.78 is 5.25. The highest BCUT2D eigenvalue weighted by Gasteiger charge is 2.26. The van der Waals surface area contributed by atoms with Crippen molar-refractivity contribution in [3.05, 3.63) is 29.3 Å². The van der Waals surface area contributed by atoms with E-state index in [1.165, 1.54) is 0 Å². The van der Waals surface area contributed by atoms with Gasteiger partial charge in [0.25, 0.3) is 0 Å². The van der Waals surface area contributed by atoms with Gasteiger partial charge >= 0.3 is 0 Å². The molecule has 0 aliphatic heterocycles. The van der Waals surface area contributed by atoms with Gasteiger partial charge in [-0.1, -0.05) is 19.1 Å². The first-order valence-corrected chi connectivity index (χ1v) is 5.04. The predicted octanol–water partition coefficient (Wildman–Crippen LogP) is 1.21. The van der Waals surface area contributed by atoms with Crippen LogP contribution in [-0.4, -0.2) is 25.4 Å². The van der Waals surface area contributed by atoms with Crippen LogP contribution in [0.1, 0.15) is 18.1 Å². The van der Waals surface area contributed by atoms with Crippen LogP contribution in [0.25, 0.3) is 0 Å². The normalized spacial score (nSPS) is 14.7. The molecule has 0 aliphatic rings. The number of hydrogen-bond donors (Lipinski definition) is 2. The molecule has 1 aromatic rings. The van der Waals surface area contributed by atoms with Gasteiger partial charge < -0.3 is 15.6 Å². The zero-order chi connectivity index (χ0) is 11.5. The van der Waals surface area contributed by atoms with Crippen molar-refractivity contribution in [1.29, 1.82) is 0 Å². The third kappa shape index (κ3) is 2.13. The Kier molecular flexibility index (Phi) is 3.72. The topological polar surface area (TPSA) is 55.5 Å². The molecule has 84 valence electrons. The van der Waals surface area contributed by atoms with Crippen LogP contribution in [0.3, 0.4) is 0 Å². The van der Waals surface area contributed by atoms with Crippen molar-refractivity contribution >= 4 is 0 Å². The summed E-state index contributed by atoms with van der Waals surface area (Å²) in [4.78, 5) is 0. The van der Waals surface area contributed by atoms with Crippen LogP contribution in [0.2, 0.25) is 0 Å². The highest BCUT2D eigenvalue weighted by molar-refractivity contribution is 5.43. The Bertz CT molecular complexity index is 332. The van der Waals surface area contributed by atoms with E-state index >= 15 is 0 Å². The summed E-state index contributed by atoms with van der Waals surface area (Å²) in [5.41, 5.74) is 7.41. The molecule has 0 saturated carbocycles. The van der Waals surface area contributed by atoms with Crippen molar-refractivity contribution in [3.8, 4) is 5.75 Å². The second kappa shape index (κ2) is 4.64. The number of benzene rings is 1. The molecule has 0 radical (unpaired) electrons. The van der Waals surface area contributed by atoms with Crippen molar-refractivity contribution in [2.24, 2.45) is 5.73 Å². The van der Waals surface area contributed by atoms with E-state index < -0.39 is 5.41 Å². The molecule has 0 saturated heterocycles. The SMILES string of the molecule is COc1cccc(C(C)(CN)CO)c1C. The lowest BCUT2D eigenvalue weighted by atomic mass is 9.81. The molecular weight excluding hydrogens is 190 g/mol. The van der Waals surface area contributed by atoms with Crippen LogP contribution < -0.4 is 10.5 Å². The summed E-state index contributed by atoms with van der Waals surface area (Å²) in [7, 11) is 1.64. The number of aliphatic hydroxyl groups excluding tert-OH is 1. The summed E-state index contributed by atoms with van der Waals surface area (Å²) in [5.74, 6) is 0.834. The molecular formula is C12H19NO2. The van der Waals surface area contributed by atoms with E-state index in [4.69, 9.17) is 10.5 Å². The lowest BCUT2D eigenvalue weighted by Crippen LogP contribution is -2.36. The second-order valence-corrected chi connectivity index (χ2v) is 4.06. The van der Waals surface area contributed by atoms with Gasteiger partial charge in [-0.05, 0) is 24.1 Å². The standard InChI is InChI=1S/C12H19NO2/c1-9-10(12(2,7-13)8-14)5-4-6-11(9)15-3/h4-6,14H,7-8,13H2,1-3H3. The van der Waals surface area contributed by atoms with Gasteiger partial charge in [0.05, 0.1) is 13.7 Å². The van der Waals surface area contributed by atoms with E-state index in [1.54, 1.807) is 7.11 Å². The maximum Gasteiger partial charge on any atom is 0.122 e. The Morgan fingerprint density at radius 1 is 1.47 bits per heavy atom. The largest absolute Gasteiger partial charge is 0.496 e. The molecule has 3 nitrogen and oxygen atoms in total. The van der Waals surface area contributed by atoms with Crippen molar-refractivity contribution < 1.29 is 9.84 Å². The Labute approximate surface area is 90.9 Å². The third-order valence-corrected chi connectivity index (χ3v) is 2.95. The fourth-order valence-corrected chi connectivity index (χ4v) is 1.75. The first-order chi connectivity index (χ1) is 7.09. The molecule has 3 heteroatoms. The number of rotatable bonds is 4. The maximum absolute atomic E-state index is 9.41. The van der Waals surface area contributed by atoms with Crippen LogP contribution in [0.4, 0.5) is 0 Å². The van der Waals surface area contributed by atoms with Crippen LogP contribution in [0.5, 0.6) is 5.75 Å². The molecule has 1 rings (SSSR count). The van der Waals surface area contributed by atoms with Crippen molar-refractivity contribution in [1.82, 2.24) is 0 Å². The second-order valence-electron chi connectivity index (χ2n) is 4.06. The monoisotopic (exact) mass is 209 g/mol. The van der Waals surface area contributed by atoms with E-state index in [0.29, 0.717) is 6.54 Å². The minimum atomic E-state index is -0.390. The summed E-state index contributed by atoms with van der Waals surface area (Å²) in [6.45, 7) is 4.39. The first-order valence-electron chi connectivity index (χ1n) is 5.04. The summed E-state index contributed by atoms with van der Waals surface area (Å²) >= 11 is 0. The van der Waals surface area contributed by atoms with Crippen LogP contribution >= 0.6 is 0 Å². The lowest BCUT2D eigenvalue weighted by molar-refractivity contribution is 0.209. The van der Waals surface area contributed by atoms with Crippen LogP contribution in [-0.2, 0) is 5.41 Å². The third-order valence-electron chi connectivity index (χ3n) is 2.95. The number of nitrogens with two attached hydrogens (primary N) is 1. The van der Waals surface area contributed by atoms with Crippen molar-refractivity contribution in [3.63, 3.8) is 0 Å². The minimum Gasteiger partial charge on any atom is -0.496 e. The van der Waals surface area contributed by atoms with Crippen molar-refractivity contribution in [2.75, 3.05) is 20.3 Å². The van der Waals surface area contributed by atoms with Crippen LogP contribution in [0.15, 0.2) is 18.2 Å². The van der Waals surface area contributed by atoms with E-state index in [0.717, 1.165) is 16.9 Å². The highest BCUT2D eigenvalue weighted by atomic mass is 16.5. The average molecular weight is 209 g/mol. The smallest absolute Gasteiger partial charge is 0.122 e. The molecule has 3 N–H and O–H groups in total. The maximum atomic E-state index is 9.41.